The fourth-order valence-electron chi connectivity index (χ4n) is 1.91. The van der Waals surface area contributed by atoms with Gasteiger partial charge in [0.1, 0.15) is 0 Å². The highest BCUT2D eigenvalue weighted by Gasteiger charge is 2.12. The number of carbonyl (C=O) groups is 1. The maximum atomic E-state index is 13.1. The monoisotopic (exact) mass is 381 g/mol. The standard InChI is InChI=1S/C15H10ClF2N5OS/c16-9-1-4-11(5-2-9)23-15(20-21-22-23)25-8-14(24)19-10-3-6-12(17)13(18)7-10/h1-7H,8H2,(H,19,24). The Morgan fingerprint density at radius 1 is 1.16 bits per heavy atom. The van der Waals surface area contributed by atoms with Crippen molar-refractivity contribution in [3.8, 4) is 5.69 Å². The SMILES string of the molecule is O=C(CSc1nnnn1-c1ccc(Cl)cc1)Nc1ccc(F)c(F)c1. The summed E-state index contributed by atoms with van der Waals surface area (Å²) in [5.74, 6) is -2.42. The number of amides is 1. The molecule has 0 aliphatic heterocycles. The van der Waals surface area contributed by atoms with Gasteiger partial charge in [0.25, 0.3) is 0 Å². The van der Waals surface area contributed by atoms with Crippen molar-refractivity contribution in [2.45, 2.75) is 5.16 Å². The van der Waals surface area contributed by atoms with Crippen LogP contribution >= 0.6 is 23.4 Å². The summed E-state index contributed by atoms with van der Waals surface area (Å²) >= 11 is 6.95. The van der Waals surface area contributed by atoms with Crippen LogP contribution in [0.5, 0.6) is 0 Å². The van der Waals surface area contributed by atoms with Crippen LogP contribution in [0.4, 0.5) is 14.5 Å². The van der Waals surface area contributed by atoms with E-state index >= 15 is 0 Å². The lowest BCUT2D eigenvalue weighted by molar-refractivity contribution is -0.113. The van der Waals surface area contributed by atoms with Crippen molar-refractivity contribution < 1.29 is 13.6 Å². The van der Waals surface area contributed by atoms with E-state index in [9.17, 15) is 13.6 Å². The van der Waals surface area contributed by atoms with Crippen molar-refractivity contribution in [2.24, 2.45) is 0 Å². The lowest BCUT2D eigenvalue weighted by Crippen LogP contribution is -2.15. The zero-order valence-electron chi connectivity index (χ0n) is 12.5. The molecule has 128 valence electrons. The van der Waals surface area contributed by atoms with Gasteiger partial charge >= 0.3 is 0 Å². The molecular formula is C15H10ClF2N5OS. The lowest BCUT2D eigenvalue weighted by atomic mass is 10.3. The van der Waals surface area contributed by atoms with Crippen LogP contribution in [0.3, 0.4) is 0 Å². The second-order valence-electron chi connectivity index (χ2n) is 4.82. The molecule has 0 atom stereocenters. The first-order valence-electron chi connectivity index (χ1n) is 6.95. The fraction of sp³-hybridized carbons (Fsp3) is 0.0667. The quantitative estimate of drug-likeness (QED) is 0.686. The van der Waals surface area contributed by atoms with E-state index in [1.165, 1.54) is 10.7 Å². The largest absolute Gasteiger partial charge is 0.325 e. The van der Waals surface area contributed by atoms with Gasteiger partial charge in [-0.1, -0.05) is 23.4 Å². The third-order valence-corrected chi connectivity index (χ3v) is 4.22. The molecule has 0 aliphatic carbocycles. The van der Waals surface area contributed by atoms with Crippen LogP contribution in [0.2, 0.25) is 5.02 Å². The van der Waals surface area contributed by atoms with Gasteiger partial charge in [0.05, 0.1) is 11.4 Å². The Hall–Kier alpha value is -2.52. The van der Waals surface area contributed by atoms with Crippen LogP contribution in [0.1, 0.15) is 0 Å². The average molecular weight is 382 g/mol. The van der Waals surface area contributed by atoms with Crippen molar-refractivity contribution >= 4 is 35.0 Å². The topological polar surface area (TPSA) is 72.7 Å². The zero-order valence-corrected chi connectivity index (χ0v) is 14.1. The Balaban J connectivity index is 1.64. The molecule has 1 heterocycles. The summed E-state index contributed by atoms with van der Waals surface area (Å²) in [5.41, 5.74) is 0.861. The Labute approximate surface area is 150 Å². The van der Waals surface area contributed by atoms with Gasteiger partial charge in [-0.15, -0.1) is 5.10 Å². The molecule has 0 bridgehead atoms. The summed E-state index contributed by atoms with van der Waals surface area (Å²) in [6, 6.07) is 10.0. The van der Waals surface area contributed by atoms with E-state index < -0.39 is 17.5 Å². The number of benzene rings is 2. The van der Waals surface area contributed by atoms with E-state index in [0.29, 0.717) is 15.9 Å². The van der Waals surface area contributed by atoms with E-state index in [2.05, 4.69) is 20.8 Å². The van der Waals surface area contributed by atoms with Crippen LogP contribution in [-0.4, -0.2) is 31.9 Å². The highest BCUT2D eigenvalue weighted by Crippen LogP contribution is 2.20. The number of carbonyl (C=O) groups excluding carboxylic acids is 1. The number of hydrogen-bond donors (Lipinski definition) is 1. The minimum atomic E-state index is -1.03. The highest BCUT2D eigenvalue weighted by atomic mass is 35.5. The molecule has 0 aliphatic rings. The van der Waals surface area contributed by atoms with Crippen LogP contribution in [0, 0.1) is 11.6 Å². The van der Waals surface area contributed by atoms with Crippen LogP contribution in [-0.2, 0) is 4.79 Å². The number of rotatable bonds is 5. The molecule has 25 heavy (non-hydrogen) atoms. The predicted octanol–water partition coefficient (Wildman–Crippen LogP) is 3.32. The summed E-state index contributed by atoms with van der Waals surface area (Å²) in [5, 5.41) is 14.8. The molecule has 6 nitrogen and oxygen atoms in total. The second-order valence-corrected chi connectivity index (χ2v) is 6.19. The molecule has 0 saturated carbocycles. The van der Waals surface area contributed by atoms with Gasteiger partial charge in [-0.05, 0) is 46.8 Å². The molecule has 0 unspecified atom stereocenters. The Bertz CT molecular complexity index is 903. The van der Waals surface area contributed by atoms with Gasteiger partial charge in [0.2, 0.25) is 11.1 Å². The minimum Gasteiger partial charge on any atom is -0.325 e. The smallest absolute Gasteiger partial charge is 0.234 e. The molecule has 0 spiro atoms. The number of hydrogen-bond acceptors (Lipinski definition) is 5. The predicted molar refractivity (Wildman–Crippen MR) is 89.9 cm³/mol. The van der Waals surface area contributed by atoms with Crippen molar-refractivity contribution in [3.05, 3.63) is 59.1 Å². The summed E-state index contributed by atoms with van der Waals surface area (Å²) in [4.78, 5) is 12.0. The number of nitrogens with zero attached hydrogens (tertiary/aromatic N) is 4. The first-order chi connectivity index (χ1) is 12.0. The van der Waals surface area contributed by atoms with Crippen molar-refractivity contribution in [1.29, 1.82) is 0 Å². The van der Waals surface area contributed by atoms with E-state index in [0.717, 1.165) is 23.9 Å². The fourth-order valence-corrected chi connectivity index (χ4v) is 2.73. The zero-order chi connectivity index (χ0) is 17.8. The maximum Gasteiger partial charge on any atom is 0.234 e. The summed E-state index contributed by atoms with van der Waals surface area (Å²) < 4.78 is 27.5. The second kappa shape index (κ2) is 7.58. The number of aromatic nitrogens is 4. The number of thioether (sulfide) groups is 1. The normalized spacial score (nSPS) is 10.7. The molecule has 1 amide bonds. The first kappa shape index (κ1) is 17.3. The van der Waals surface area contributed by atoms with Crippen molar-refractivity contribution in [2.75, 3.05) is 11.1 Å². The van der Waals surface area contributed by atoms with Crippen LogP contribution < -0.4 is 5.32 Å². The molecule has 3 rings (SSSR count). The molecule has 2 aromatic carbocycles. The molecule has 0 fully saturated rings. The van der Waals surface area contributed by atoms with Gasteiger partial charge in [-0.2, -0.15) is 4.68 Å². The number of halogens is 3. The highest BCUT2D eigenvalue weighted by molar-refractivity contribution is 7.99. The summed E-state index contributed by atoms with van der Waals surface area (Å²) in [7, 11) is 0. The lowest BCUT2D eigenvalue weighted by Gasteiger charge is -2.06. The van der Waals surface area contributed by atoms with Crippen molar-refractivity contribution in [3.63, 3.8) is 0 Å². The Morgan fingerprint density at radius 3 is 2.64 bits per heavy atom. The third-order valence-electron chi connectivity index (χ3n) is 3.05. The molecule has 3 aromatic rings. The van der Waals surface area contributed by atoms with E-state index in [-0.39, 0.29) is 11.4 Å². The van der Waals surface area contributed by atoms with Crippen molar-refractivity contribution in [1.82, 2.24) is 20.2 Å². The van der Waals surface area contributed by atoms with E-state index in [1.54, 1.807) is 24.3 Å². The van der Waals surface area contributed by atoms with Gasteiger partial charge < -0.3 is 5.32 Å². The Morgan fingerprint density at radius 2 is 1.92 bits per heavy atom. The average Bonchev–Trinajstić information content (AvgIpc) is 3.06. The maximum absolute atomic E-state index is 13.1. The van der Waals surface area contributed by atoms with E-state index in [4.69, 9.17) is 11.6 Å². The molecule has 1 N–H and O–H groups in total. The summed E-state index contributed by atoms with van der Waals surface area (Å²) in [6.45, 7) is 0. The molecule has 0 saturated heterocycles. The van der Waals surface area contributed by atoms with E-state index in [1.807, 2.05) is 0 Å². The number of nitrogens with one attached hydrogen (secondary N) is 1. The third kappa shape index (κ3) is 4.31. The molecule has 1 aromatic heterocycles. The van der Waals surface area contributed by atoms with Gasteiger partial charge in [-0.25, -0.2) is 8.78 Å². The summed E-state index contributed by atoms with van der Waals surface area (Å²) in [6.07, 6.45) is 0. The van der Waals surface area contributed by atoms with Gasteiger partial charge in [0.15, 0.2) is 11.6 Å². The van der Waals surface area contributed by atoms with Crippen LogP contribution in [0.25, 0.3) is 5.69 Å². The first-order valence-corrected chi connectivity index (χ1v) is 8.31. The molecule has 10 heteroatoms. The Kier molecular flexibility index (Phi) is 5.25. The number of tetrazole rings is 1. The van der Waals surface area contributed by atoms with Gasteiger partial charge in [-0.3, -0.25) is 4.79 Å². The number of anilines is 1. The molecule has 0 radical (unpaired) electrons. The van der Waals surface area contributed by atoms with Gasteiger partial charge in [0, 0.05) is 16.8 Å². The molecular weight excluding hydrogens is 372 g/mol. The minimum absolute atomic E-state index is 0.00699. The van der Waals surface area contributed by atoms with Crippen LogP contribution in [0.15, 0.2) is 47.6 Å².